The molecule has 0 aliphatic rings. The number of benzene rings is 1. The van der Waals surface area contributed by atoms with Crippen molar-refractivity contribution < 1.29 is 4.98 Å². The number of pyridine rings is 1. The second-order valence-corrected chi connectivity index (χ2v) is 5.45. The number of H-pyrrole nitrogens is 1. The predicted molar refractivity (Wildman–Crippen MR) is 91.1 cm³/mol. The van der Waals surface area contributed by atoms with Crippen molar-refractivity contribution in [1.29, 1.82) is 0 Å². The van der Waals surface area contributed by atoms with E-state index >= 15 is 0 Å². The maximum absolute atomic E-state index is 5.85. The van der Waals surface area contributed by atoms with Gasteiger partial charge in [-0.2, -0.15) is 0 Å². The number of hydrogen-bond acceptors (Lipinski definition) is 4. The van der Waals surface area contributed by atoms with Gasteiger partial charge in [-0.05, 0) is 23.3 Å². The number of aromatic amines is 1. The number of nitrogens with zero attached hydrogens (tertiary/aromatic N) is 2. The van der Waals surface area contributed by atoms with E-state index in [9.17, 15) is 0 Å². The number of halogens is 1. The molecule has 0 saturated heterocycles. The molecule has 5 nitrogen and oxygen atoms in total. The van der Waals surface area contributed by atoms with Gasteiger partial charge in [0, 0.05) is 25.0 Å². The Morgan fingerprint density at radius 1 is 0.870 bits per heavy atom. The van der Waals surface area contributed by atoms with Crippen molar-refractivity contribution in [3.8, 4) is 0 Å². The van der Waals surface area contributed by atoms with Crippen molar-refractivity contribution in [2.45, 2.75) is 13.1 Å². The van der Waals surface area contributed by atoms with Gasteiger partial charge < -0.3 is 5.32 Å². The second-order valence-electron chi connectivity index (χ2n) is 5.02. The lowest BCUT2D eigenvalue weighted by atomic mass is 10.1. The van der Waals surface area contributed by atoms with Gasteiger partial charge in [-0.1, -0.05) is 35.9 Å². The molecule has 3 N–H and O–H groups in total. The van der Waals surface area contributed by atoms with Crippen molar-refractivity contribution in [3.05, 3.63) is 77.2 Å². The lowest BCUT2D eigenvalue weighted by Gasteiger charge is -2.05. The molecule has 3 rings (SSSR count). The molecule has 0 amide bonds. The Morgan fingerprint density at radius 2 is 1.52 bits per heavy atom. The molecule has 3 aromatic rings. The molecule has 0 saturated carbocycles. The minimum Gasteiger partial charge on any atom is -0.350 e. The molecule has 0 radical (unpaired) electrons. The predicted octanol–water partition coefficient (Wildman–Crippen LogP) is 3.17. The van der Waals surface area contributed by atoms with E-state index in [1.165, 1.54) is 11.1 Å². The van der Waals surface area contributed by atoms with Gasteiger partial charge in [-0.3, -0.25) is 5.32 Å². The zero-order chi connectivity index (χ0) is 15.9. The summed E-state index contributed by atoms with van der Waals surface area (Å²) in [6.07, 6.45) is 5.19. The number of anilines is 2. The molecule has 2 heterocycles. The summed E-state index contributed by atoms with van der Waals surface area (Å²) < 4.78 is 0. The third-order valence-corrected chi connectivity index (χ3v) is 3.53. The molecule has 0 unspecified atom stereocenters. The Bertz CT molecular complexity index is 729. The average Bonchev–Trinajstić information content (AvgIpc) is 2.61. The van der Waals surface area contributed by atoms with Crippen molar-refractivity contribution in [2.24, 2.45) is 0 Å². The number of hydrogen-bond donors (Lipinski definition) is 2. The van der Waals surface area contributed by atoms with Crippen LogP contribution in [0.2, 0.25) is 5.02 Å². The van der Waals surface area contributed by atoms with Gasteiger partial charge in [-0.25, -0.2) is 15.0 Å². The molecule has 2 aromatic heterocycles. The molecule has 6 heteroatoms. The van der Waals surface area contributed by atoms with Gasteiger partial charge in [-0.15, -0.1) is 0 Å². The summed E-state index contributed by atoms with van der Waals surface area (Å²) in [7, 11) is 0. The fraction of sp³-hybridized carbons (Fsp3) is 0.118. The monoisotopic (exact) mass is 326 g/mol. The van der Waals surface area contributed by atoms with E-state index in [1.807, 2.05) is 12.1 Å². The van der Waals surface area contributed by atoms with Crippen LogP contribution in [0.5, 0.6) is 0 Å². The van der Waals surface area contributed by atoms with Crippen LogP contribution in [0.4, 0.5) is 11.8 Å². The zero-order valence-corrected chi connectivity index (χ0v) is 13.2. The van der Waals surface area contributed by atoms with E-state index < -0.39 is 0 Å². The van der Waals surface area contributed by atoms with Gasteiger partial charge in [0.05, 0.1) is 5.02 Å². The van der Waals surface area contributed by atoms with E-state index in [0.717, 1.165) is 12.4 Å². The highest BCUT2D eigenvalue weighted by molar-refractivity contribution is 6.30. The van der Waals surface area contributed by atoms with Crippen LogP contribution in [0, 0.1) is 0 Å². The quantitative estimate of drug-likeness (QED) is 0.730. The van der Waals surface area contributed by atoms with Crippen molar-refractivity contribution >= 4 is 23.4 Å². The summed E-state index contributed by atoms with van der Waals surface area (Å²) in [5, 5.41) is 7.19. The van der Waals surface area contributed by atoms with Crippen LogP contribution >= 0.6 is 11.6 Å². The first-order valence-electron chi connectivity index (χ1n) is 7.29. The molecule has 116 valence electrons. The molecule has 0 spiro atoms. The number of rotatable bonds is 6. The third-order valence-electron chi connectivity index (χ3n) is 3.30. The van der Waals surface area contributed by atoms with Gasteiger partial charge in [0.2, 0.25) is 5.95 Å². The van der Waals surface area contributed by atoms with Crippen LogP contribution in [0.1, 0.15) is 11.1 Å². The SMILES string of the molecule is Clc1ccc(NCc2ccc(CNc3ncccn3)cc2)[nH+]c1. The largest absolute Gasteiger partial charge is 0.350 e. The first kappa shape index (κ1) is 15.2. The van der Waals surface area contributed by atoms with E-state index in [2.05, 4.69) is 49.9 Å². The fourth-order valence-electron chi connectivity index (χ4n) is 2.06. The van der Waals surface area contributed by atoms with Crippen molar-refractivity contribution in [1.82, 2.24) is 9.97 Å². The summed E-state index contributed by atoms with van der Waals surface area (Å²) >= 11 is 5.85. The molecule has 0 atom stereocenters. The summed E-state index contributed by atoms with van der Waals surface area (Å²) in [6, 6.07) is 14.0. The second kappa shape index (κ2) is 7.56. The van der Waals surface area contributed by atoms with E-state index in [1.54, 1.807) is 24.7 Å². The minimum absolute atomic E-state index is 0.636. The Labute approximate surface area is 139 Å². The van der Waals surface area contributed by atoms with E-state index in [0.29, 0.717) is 17.5 Å². The molecular formula is C17H17ClN5+. The van der Waals surface area contributed by atoms with E-state index in [4.69, 9.17) is 11.6 Å². The van der Waals surface area contributed by atoms with Crippen molar-refractivity contribution in [3.63, 3.8) is 0 Å². The topological polar surface area (TPSA) is 64.0 Å². The molecular weight excluding hydrogens is 310 g/mol. The molecule has 23 heavy (non-hydrogen) atoms. The Hall–Kier alpha value is -2.66. The highest BCUT2D eigenvalue weighted by Crippen LogP contribution is 2.10. The first-order valence-corrected chi connectivity index (χ1v) is 7.67. The molecule has 1 aromatic carbocycles. The van der Waals surface area contributed by atoms with Crippen LogP contribution in [0.15, 0.2) is 61.1 Å². The number of aromatic nitrogens is 3. The minimum atomic E-state index is 0.636. The van der Waals surface area contributed by atoms with Crippen LogP contribution < -0.4 is 15.6 Å². The van der Waals surface area contributed by atoms with Gasteiger partial charge in [0.15, 0.2) is 0 Å². The summed E-state index contributed by atoms with van der Waals surface area (Å²) in [4.78, 5) is 11.4. The van der Waals surface area contributed by atoms with E-state index in [-0.39, 0.29) is 0 Å². The Morgan fingerprint density at radius 3 is 2.13 bits per heavy atom. The molecule has 0 bridgehead atoms. The third kappa shape index (κ3) is 4.66. The summed E-state index contributed by atoms with van der Waals surface area (Å²) in [6.45, 7) is 1.44. The zero-order valence-electron chi connectivity index (χ0n) is 12.5. The Balaban J connectivity index is 1.51. The van der Waals surface area contributed by atoms with Gasteiger partial charge in [0.1, 0.15) is 12.7 Å². The fourth-order valence-corrected chi connectivity index (χ4v) is 2.18. The van der Waals surface area contributed by atoms with Gasteiger partial charge in [0.25, 0.3) is 5.82 Å². The maximum atomic E-state index is 5.85. The van der Waals surface area contributed by atoms with Crippen LogP contribution in [-0.4, -0.2) is 9.97 Å². The average molecular weight is 327 g/mol. The van der Waals surface area contributed by atoms with Gasteiger partial charge >= 0.3 is 0 Å². The normalized spacial score (nSPS) is 10.3. The maximum Gasteiger partial charge on any atom is 0.272 e. The van der Waals surface area contributed by atoms with Crippen LogP contribution in [0.3, 0.4) is 0 Å². The highest BCUT2D eigenvalue weighted by atomic mass is 35.5. The summed E-state index contributed by atoms with van der Waals surface area (Å²) in [5.74, 6) is 1.57. The van der Waals surface area contributed by atoms with Crippen LogP contribution in [-0.2, 0) is 13.1 Å². The number of nitrogens with one attached hydrogen (secondary N) is 3. The molecule has 0 aliphatic heterocycles. The first-order chi connectivity index (χ1) is 11.3. The molecule has 0 fully saturated rings. The highest BCUT2D eigenvalue weighted by Gasteiger charge is 2.02. The standard InChI is InChI=1S/C17H16ClN5/c18-15-6-7-16(22-12-15)21-10-13-2-4-14(5-3-13)11-23-17-19-8-1-9-20-17/h1-9,12H,10-11H2,(H,21,22)(H,19,20,23)/p+1. The summed E-state index contributed by atoms with van der Waals surface area (Å²) in [5.41, 5.74) is 2.38. The van der Waals surface area contributed by atoms with Crippen LogP contribution in [0.25, 0.3) is 0 Å². The molecule has 0 aliphatic carbocycles. The van der Waals surface area contributed by atoms with Crippen molar-refractivity contribution in [2.75, 3.05) is 10.6 Å². The lowest BCUT2D eigenvalue weighted by molar-refractivity contribution is -0.361. The Kier molecular flexibility index (Phi) is 5.01. The lowest BCUT2D eigenvalue weighted by Crippen LogP contribution is -2.12. The smallest absolute Gasteiger partial charge is 0.272 e.